The van der Waals surface area contributed by atoms with Crippen molar-refractivity contribution in [2.45, 2.75) is 18.6 Å². The number of anilines is 1. The molecule has 22 heavy (non-hydrogen) atoms. The van der Waals surface area contributed by atoms with Crippen LogP contribution in [0.4, 0.5) is 5.69 Å². The van der Waals surface area contributed by atoms with Crippen LogP contribution in [0.15, 0.2) is 60.7 Å². The number of hydrogen-bond acceptors (Lipinski definition) is 4. The molecule has 0 aliphatic carbocycles. The van der Waals surface area contributed by atoms with Gasteiger partial charge in [-0.3, -0.25) is 0 Å². The third-order valence-corrected chi connectivity index (χ3v) is 5.62. The van der Waals surface area contributed by atoms with Crippen LogP contribution >= 0.6 is 0 Å². The Labute approximate surface area is 131 Å². The molecular weight excluding hydrogens is 296 g/mol. The van der Waals surface area contributed by atoms with Gasteiger partial charge < -0.3 is 10.6 Å². The quantitative estimate of drug-likeness (QED) is 0.886. The maximum atomic E-state index is 12.0. The van der Waals surface area contributed by atoms with E-state index >= 15 is 0 Å². The second kappa shape index (κ2) is 6.50. The van der Waals surface area contributed by atoms with Gasteiger partial charge in [0.15, 0.2) is 9.84 Å². The Morgan fingerprint density at radius 1 is 0.864 bits per heavy atom. The summed E-state index contributed by atoms with van der Waals surface area (Å²) in [6.45, 7) is 0.675. The van der Waals surface area contributed by atoms with Crippen LogP contribution < -0.4 is 10.6 Å². The molecule has 0 radical (unpaired) electrons. The van der Waals surface area contributed by atoms with Crippen LogP contribution in [0.5, 0.6) is 0 Å². The predicted molar refractivity (Wildman–Crippen MR) is 89.6 cm³/mol. The Morgan fingerprint density at radius 2 is 1.45 bits per heavy atom. The van der Waals surface area contributed by atoms with Gasteiger partial charge in [-0.15, -0.1) is 0 Å². The zero-order valence-corrected chi connectivity index (χ0v) is 13.1. The summed E-state index contributed by atoms with van der Waals surface area (Å²) in [7, 11) is -2.99. The minimum Gasteiger partial charge on any atom is -0.380 e. The highest BCUT2D eigenvalue weighted by atomic mass is 32.2. The highest BCUT2D eigenvalue weighted by molar-refractivity contribution is 7.91. The summed E-state index contributed by atoms with van der Waals surface area (Å²) >= 11 is 0. The van der Waals surface area contributed by atoms with Crippen LogP contribution in [0, 0.1) is 0 Å². The first-order chi connectivity index (χ1) is 10.6. The number of benzene rings is 2. The third-order valence-electron chi connectivity index (χ3n) is 3.89. The normalized spacial score (nSPS) is 23.3. The fraction of sp³-hybridized carbons (Fsp3) is 0.294. The Bertz CT molecular complexity index is 702. The lowest BCUT2D eigenvalue weighted by atomic mass is 10.1. The van der Waals surface area contributed by atoms with Crippen molar-refractivity contribution in [1.29, 1.82) is 0 Å². The molecule has 1 fully saturated rings. The molecule has 0 saturated carbocycles. The summed E-state index contributed by atoms with van der Waals surface area (Å²) in [6.07, 6.45) is 0. The molecule has 2 aromatic carbocycles. The molecule has 2 aromatic rings. The summed E-state index contributed by atoms with van der Waals surface area (Å²) in [4.78, 5) is 0. The van der Waals surface area contributed by atoms with E-state index in [4.69, 9.17) is 0 Å². The van der Waals surface area contributed by atoms with Gasteiger partial charge in [-0.2, -0.15) is 0 Å². The maximum absolute atomic E-state index is 12.0. The topological polar surface area (TPSA) is 58.2 Å². The molecule has 0 amide bonds. The second-order valence-electron chi connectivity index (χ2n) is 5.67. The monoisotopic (exact) mass is 316 g/mol. The standard InChI is InChI=1S/C17H20N2O2S/c20-22(21)12-16(18-11-14-7-3-1-4-8-14)17(13-22)19-15-9-5-2-6-10-15/h1-10,16-19H,11-13H2/t16-,17+/m1/s1. The van der Waals surface area contributed by atoms with Crippen molar-refractivity contribution in [2.24, 2.45) is 0 Å². The maximum Gasteiger partial charge on any atom is 0.153 e. The van der Waals surface area contributed by atoms with E-state index in [0.717, 1.165) is 11.3 Å². The van der Waals surface area contributed by atoms with Crippen LogP contribution in [0.25, 0.3) is 0 Å². The Morgan fingerprint density at radius 3 is 2.14 bits per heavy atom. The zero-order valence-electron chi connectivity index (χ0n) is 12.3. The van der Waals surface area contributed by atoms with E-state index in [9.17, 15) is 8.42 Å². The van der Waals surface area contributed by atoms with Gasteiger partial charge in [0.05, 0.1) is 17.5 Å². The van der Waals surface area contributed by atoms with Gasteiger partial charge in [-0.05, 0) is 17.7 Å². The number of sulfone groups is 1. The smallest absolute Gasteiger partial charge is 0.153 e. The van der Waals surface area contributed by atoms with Crippen LogP contribution in [-0.2, 0) is 16.4 Å². The molecule has 0 unspecified atom stereocenters. The summed E-state index contributed by atoms with van der Waals surface area (Å²) in [5.41, 5.74) is 2.11. The SMILES string of the molecule is O=S1(=O)C[C@H](Nc2ccccc2)[C@H](NCc2ccccc2)C1. The molecule has 4 nitrogen and oxygen atoms in total. The molecule has 1 saturated heterocycles. The van der Waals surface area contributed by atoms with Crippen molar-refractivity contribution >= 4 is 15.5 Å². The molecule has 1 heterocycles. The Hall–Kier alpha value is -1.85. The first-order valence-corrected chi connectivity index (χ1v) is 9.24. The largest absolute Gasteiger partial charge is 0.380 e. The van der Waals surface area contributed by atoms with Crippen molar-refractivity contribution in [3.8, 4) is 0 Å². The van der Waals surface area contributed by atoms with E-state index in [0.29, 0.717) is 6.54 Å². The van der Waals surface area contributed by atoms with Crippen LogP contribution in [0.3, 0.4) is 0 Å². The van der Waals surface area contributed by atoms with E-state index in [-0.39, 0.29) is 23.6 Å². The lowest BCUT2D eigenvalue weighted by Crippen LogP contribution is -2.42. The first kappa shape index (κ1) is 15.1. The molecule has 2 atom stereocenters. The minimum atomic E-state index is -2.99. The van der Waals surface area contributed by atoms with Gasteiger partial charge in [0.25, 0.3) is 0 Å². The number of hydrogen-bond donors (Lipinski definition) is 2. The molecule has 0 bridgehead atoms. The van der Waals surface area contributed by atoms with Crippen molar-refractivity contribution in [2.75, 3.05) is 16.8 Å². The lowest BCUT2D eigenvalue weighted by Gasteiger charge is -2.22. The van der Waals surface area contributed by atoms with Crippen LogP contribution in [0.2, 0.25) is 0 Å². The summed E-state index contributed by atoms with van der Waals surface area (Å²) in [5.74, 6) is 0.360. The van der Waals surface area contributed by atoms with E-state index in [1.54, 1.807) is 0 Å². The highest BCUT2D eigenvalue weighted by Crippen LogP contribution is 2.18. The van der Waals surface area contributed by atoms with Gasteiger partial charge >= 0.3 is 0 Å². The van der Waals surface area contributed by atoms with Gasteiger partial charge in [0, 0.05) is 18.3 Å². The third kappa shape index (κ3) is 3.87. The van der Waals surface area contributed by atoms with Gasteiger partial charge in [-0.1, -0.05) is 48.5 Å². The summed E-state index contributed by atoms with van der Waals surface area (Å²) in [6, 6.07) is 19.6. The molecule has 0 aromatic heterocycles. The fourth-order valence-corrected chi connectivity index (χ4v) is 4.68. The molecule has 3 rings (SSSR count). The molecule has 5 heteroatoms. The molecule has 0 spiro atoms. The van der Waals surface area contributed by atoms with Crippen molar-refractivity contribution in [3.63, 3.8) is 0 Å². The van der Waals surface area contributed by atoms with Crippen LogP contribution in [0.1, 0.15) is 5.56 Å². The molecule has 116 valence electrons. The molecule has 2 N–H and O–H groups in total. The van der Waals surface area contributed by atoms with Crippen molar-refractivity contribution in [3.05, 3.63) is 66.2 Å². The first-order valence-electron chi connectivity index (χ1n) is 7.42. The van der Waals surface area contributed by atoms with Crippen LogP contribution in [-0.4, -0.2) is 32.0 Å². The summed E-state index contributed by atoms with van der Waals surface area (Å²) in [5, 5.41) is 6.72. The number of para-hydroxylation sites is 1. The highest BCUT2D eigenvalue weighted by Gasteiger charge is 2.37. The number of nitrogens with one attached hydrogen (secondary N) is 2. The average Bonchev–Trinajstić information content (AvgIpc) is 2.81. The van der Waals surface area contributed by atoms with Crippen molar-refractivity contribution < 1.29 is 8.42 Å². The fourth-order valence-electron chi connectivity index (χ4n) is 2.78. The average molecular weight is 316 g/mol. The zero-order chi connectivity index (χ0) is 15.4. The van der Waals surface area contributed by atoms with Gasteiger partial charge in [0.2, 0.25) is 0 Å². The Kier molecular flexibility index (Phi) is 4.45. The van der Waals surface area contributed by atoms with E-state index in [2.05, 4.69) is 10.6 Å². The van der Waals surface area contributed by atoms with E-state index in [1.165, 1.54) is 0 Å². The van der Waals surface area contributed by atoms with Crippen molar-refractivity contribution in [1.82, 2.24) is 5.32 Å². The van der Waals surface area contributed by atoms with Gasteiger partial charge in [-0.25, -0.2) is 8.42 Å². The summed E-state index contributed by atoms with van der Waals surface area (Å²) < 4.78 is 23.9. The minimum absolute atomic E-state index is 0.0783. The molecular formula is C17H20N2O2S. The number of rotatable bonds is 5. The van der Waals surface area contributed by atoms with Gasteiger partial charge in [0.1, 0.15) is 0 Å². The molecule has 1 aliphatic heterocycles. The lowest BCUT2D eigenvalue weighted by molar-refractivity contribution is 0.521. The van der Waals surface area contributed by atoms with E-state index < -0.39 is 9.84 Å². The predicted octanol–water partition coefficient (Wildman–Crippen LogP) is 2.05. The Balaban J connectivity index is 1.67. The second-order valence-corrected chi connectivity index (χ2v) is 7.82. The van der Waals surface area contributed by atoms with E-state index in [1.807, 2.05) is 60.7 Å². The molecule has 1 aliphatic rings.